The molecule has 0 saturated heterocycles. The first kappa shape index (κ1) is 11.6. The maximum Gasteiger partial charge on any atom is 0.137 e. The van der Waals surface area contributed by atoms with Crippen molar-refractivity contribution in [2.75, 3.05) is 5.73 Å². The van der Waals surface area contributed by atoms with Gasteiger partial charge in [0.25, 0.3) is 0 Å². The maximum atomic E-state index is 6.06. The fourth-order valence-corrected chi connectivity index (χ4v) is 3.73. The summed E-state index contributed by atoms with van der Waals surface area (Å²) in [6.07, 6.45) is 0.758. The average molecular weight is 275 g/mol. The molecule has 3 heterocycles. The van der Waals surface area contributed by atoms with Crippen molar-refractivity contribution in [3.05, 3.63) is 38.7 Å². The van der Waals surface area contributed by atoms with Crippen LogP contribution in [0.3, 0.4) is 0 Å². The van der Waals surface area contributed by atoms with E-state index in [-0.39, 0.29) is 0 Å². The fraction of sp³-hybridized carbons (Fsp3) is 0.231. The Morgan fingerprint density at radius 3 is 2.83 bits per heavy atom. The Hall–Kier alpha value is -1.46. The van der Waals surface area contributed by atoms with E-state index in [1.54, 1.807) is 22.7 Å². The monoisotopic (exact) mass is 275 g/mol. The van der Waals surface area contributed by atoms with Gasteiger partial charge in [-0.25, -0.2) is 9.97 Å². The Labute approximate surface area is 113 Å². The molecule has 0 aliphatic heterocycles. The molecule has 0 aromatic carbocycles. The number of fused-ring (bicyclic) bond motifs is 1. The molecular weight excluding hydrogens is 262 g/mol. The highest BCUT2D eigenvalue weighted by molar-refractivity contribution is 7.18. The third kappa shape index (κ3) is 1.89. The Bertz CT molecular complexity index is 699. The minimum Gasteiger partial charge on any atom is -0.383 e. The first-order valence-corrected chi connectivity index (χ1v) is 7.39. The quantitative estimate of drug-likeness (QED) is 0.778. The smallest absolute Gasteiger partial charge is 0.137 e. The van der Waals surface area contributed by atoms with Gasteiger partial charge in [-0.15, -0.1) is 22.7 Å². The van der Waals surface area contributed by atoms with Gasteiger partial charge in [0.15, 0.2) is 0 Å². The van der Waals surface area contributed by atoms with Crippen LogP contribution in [0.2, 0.25) is 0 Å². The topological polar surface area (TPSA) is 51.8 Å². The third-order valence-corrected chi connectivity index (χ3v) is 4.99. The molecule has 0 radical (unpaired) electrons. The van der Waals surface area contributed by atoms with Crippen molar-refractivity contribution >= 4 is 38.7 Å². The van der Waals surface area contributed by atoms with Crippen LogP contribution in [0.4, 0.5) is 5.82 Å². The second kappa shape index (κ2) is 4.33. The molecule has 3 aromatic rings. The predicted molar refractivity (Wildman–Crippen MR) is 78.4 cm³/mol. The lowest BCUT2D eigenvalue weighted by Gasteiger charge is -2.02. The van der Waals surface area contributed by atoms with Crippen molar-refractivity contribution in [1.29, 1.82) is 0 Å². The van der Waals surface area contributed by atoms with Crippen molar-refractivity contribution in [1.82, 2.24) is 9.97 Å². The van der Waals surface area contributed by atoms with Crippen LogP contribution in [0.15, 0.2) is 17.5 Å². The van der Waals surface area contributed by atoms with Gasteiger partial charge in [0, 0.05) is 16.2 Å². The van der Waals surface area contributed by atoms with Gasteiger partial charge in [-0.1, -0.05) is 6.07 Å². The zero-order valence-corrected chi connectivity index (χ0v) is 11.9. The number of anilines is 1. The van der Waals surface area contributed by atoms with Crippen molar-refractivity contribution in [3.8, 4) is 0 Å². The van der Waals surface area contributed by atoms with E-state index in [0.29, 0.717) is 5.82 Å². The first-order chi connectivity index (χ1) is 8.65. The number of hydrogen-bond acceptors (Lipinski definition) is 5. The van der Waals surface area contributed by atoms with E-state index in [1.165, 1.54) is 15.3 Å². The lowest BCUT2D eigenvalue weighted by Crippen LogP contribution is -2.00. The van der Waals surface area contributed by atoms with Crippen LogP contribution >= 0.6 is 22.7 Å². The lowest BCUT2D eigenvalue weighted by atomic mass is 10.2. The summed E-state index contributed by atoms with van der Waals surface area (Å²) in [6.45, 7) is 4.17. The number of thiophene rings is 2. The number of nitrogens with two attached hydrogens (primary N) is 1. The number of nitrogen functional groups attached to an aromatic ring is 1. The third-order valence-electron chi connectivity index (χ3n) is 3.02. The number of hydrogen-bond donors (Lipinski definition) is 1. The van der Waals surface area contributed by atoms with E-state index in [1.807, 2.05) is 6.07 Å². The molecule has 0 fully saturated rings. The zero-order valence-electron chi connectivity index (χ0n) is 10.2. The highest BCUT2D eigenvalue weighted by Gasteiger charge is 2.12. The van der Waals surface area contributed by atoms with Crippen LogP contribution in [0, 0.1) is 13.8 Å². The molecule has 0 bridgehead atoms. The molecule has 0 spiro atoms. The number of aryl methyl sites for hydroxylation is 2. The molecule has 0 saturated carbocycles. The Morgan fingerprint density at radius 1 is 1.28 bits per heavy atom. The van der Waals surface area contributed by atoms with E-state index < -0.39 is 0 Å². The van der Waals surface area contributed by atoms with Crippen LogP contribution < -0.4 is 5.73 Å². The summed E-state index contributed by atoms with van der Waals surface area (Å²) in [4.78, 5) is 12.6. The Balaban J connectivity index is 2.10. The van der Waals surface area contributed by atoms with E-state index in [9.17, 15) is 0 Å². The van der Waals surface area contributed by atoms with E-state index in [0.717, 1.165) is 22.5 Å². The lowest BCUT2D eigenvalue weighted by molar-refractivity contribution is 1.02. The van der Waals surface area contributed by atoms with Crippen LogP contribution in [0.1, 0.15) is 21.1 Å². The largest absolute Gasteiger partial charge is 0.383 e. The van der Waals surface area contributed by atoms with Gasteiger partial charge in [-0.2, -0.15) is 0 Å². The minimum absolute atomic E-state index is 0.605. The van der Waals surface area contributed by atoms with Gasteiger partial charge in [0.2, 0.25) is 0 Å². The molecule has 5 heteroatoms. The number of rotatable bonds is 2. The van der Waals surface area contributed by atoms with Crippen LogP contribution in [0.25, 0.3) is 10.2 Å². The fourth-order valence-electron chi connectivity index (χ4n) is 1.97. The van der Waals surface area contributed by atoms with Gasteiger partial charge >= 0.3 is 0 Å². The van der Waals surface area contributed by atoms with E-state index in [2.05, 4.69) is 35.3 Å². The standard InChI is InChI=1S/C13H13N3S2/c1-7-8(2)18-13-11(7)12(14)15-10(16-13)6-9-4-3-5-17-9/h3-5H,6H2,1-2H3,(H2,14,15,16). The van der Waals surface area contributed by atoms with Gasteiger partial charge in [-0.3, -0.25) is 0 Å². The molecule has 0 atom stereocenters. The van der Waals surface area contributed by atoms with Gasteiger partial charge in [-0.05, 0) is 30.9 Å². The molecule has 92 valence electrons. The minimum atomic E-state index is 0.605. The number of aromatic nitrogens is 2. The normalized spacial score (nSPS) is 11.2. The second-order valence-electron chi connectivity index (χ2n) is 4.24. The SMILES string of the molecule is Cc1sc2nc(Cc3cccs3)nc(N)c2c1C. The van der Waals surface area contributed by atoms with Crippen LogP contribution in [0.5, 0.6) is 0 Å². The molecule has 18 heavy (non-hydrogen) atoms. The van der Waals surface area contributed by atoms with Gasteiger partial charge in [0.1, 0.15) is 16.5 Å². The molecule has 0 unspecified atom stereocenters. The number of nitrogens with zero attached hydrogens (tertiary/aromatic N) is 2. The van der Waals surface area contributed by atoms with Crippen LogP contribution in [-0.2, 0) is 6.42 Å². The zero-order chi connectivity index (χ0) is 12.7. The van der Waals surface area contributed by atoms with Crippen molar-refractivity contribution < 1.29 is 0 Å². The van der Waals surface area contributed by atoms with Crippen molar-refractivity contribution in [3.63, 3.8) is 0 Å². The molecule has 3 aromatic heterocycles. The molecule has 3 nitrogen and oxygen atoms in total. The average Bonchev–Trinajstić information content (AvgIpc) is 2.89. The molecular formula is C13H13N3S2. The predicted octanol–water partition coefficient (Wildman–Crippen LogP) is 3.54. The molecule has 2 N–H and O–H groups in total. The highest BCUT2D eigenvalue weighted by Crippen LogP contribution is 2.32. The summed E-state index contributed by atoms with van der Waals surface area (Å²) in [5.74, 6) is 1.41. The summed E-state index contributed by atoms with van der Waals surface area (Å²) < 4.78 is 0. The first-order valence-electron chi connectivity index (χ1n) is 5.69. The maximum absolute atomic E-state index is 6.06. The Morgan fingerprint density at radius 2 is 2.11 bits per heavy atom. The molecule has 0 aliphatic carbocycles. The highest BCUT2D eigenvalue weighted by atomic mass is 32.1. The summed E-state index contributed by atoms with van der Waals surface area (Å²) in [7, 11) is 0. The molecule has 3 rings (SSSR count). The van der Waals surface area contributed by atoms with Crippen molar-refractivity contribution in [2.24, 2.45) is 0 Å². The van der Waals surface area contributed by atoms with Crippen molar-refractivity contribution in [2.45, 2.75) is 20.3 Å². The summed E-state index contributed by atoms with van der Waals surface area (Å²) in [5.41, 5.74) is 7.26. The molecule has 0 amide bonds. The van der Waals surface area contributed by atoms with E-state index in [4.69, 9.17) is 5.73 Å². The summed E-state index contributed by atoms with van der Waals surface area (Å²) >= 11 is 3.41. The molecule has 0 aliphatic rings. The van der Waals surface area contributed by atoms with Gasteiger partial charge < -0.3 is 5.73 Å². The van der Waals surface area contributed by atoms with Gasteiger partial charge in [0.05, 0.1) is 5.39 Å². The Kier molecular flexibility index (Phi) is 2.80. The second-order valence-corrected chi connectivity index (χ2v) is 6.48. The summed E-state index contributed by atoms with van der Waals surface area (Å²) in [5, 5.41) is 3.09. The summed E-state index contributed by atoms with van der Waals surface area (Å²) in [6, 6.07) is 4.14. The van der Waals surface area contributed by atoms with Crippen LogP contribution in [-0.4, -0.2) is 9.97 Å². The van der Waals surface area contributed by atoms with E-state index >= 15 is 0 Å².